The molecular weight excluding hydrogens is 271 g/mol. The van der Waals surface area contributed by atoms with Gasteiger partial charge in [0.25, 0.3) is 0 Å². The lowest BCUT2D eigenvalue weighted by Gasteiger charge is -2.01. The number of rotatable bonds is 4. The van der Waals surface area contributed by atoms with Gasteiger partial charge in [-0.3, -0.25) is 4.57 Å². The number of hydrogen-bond acceptors (Lipinski definition) is 3. The minimum absolute atomic E-state index is 0.0186. The Bertz CT molecular complexity index is 459. The van der Waals surface area contributed by atoms with E-state index in [1.165, 1.54) is 18.2 Å². The van der Waals surface area contributed by atoms with Gasteiger partial charge in [-0.05, 0) is 18.2 Å². The Kier molecular flexibility index (Phi) is 7.04. The number of hydrogen-bond donors (Lipinski definition) is 3. The van der Waals surface area contributed by atoms with E-state index in [1.54, 1.807) is 13.8 Å². The second-order valence-corrected chi connectivity index (χ2v) is 6.63. The van der Waals surface area contributed by atoms with Crippen molar-refractivity contribution in [2.24, 2.45) is 0 Å². The average molecular weight is 288 g/mol. The van der Waals surface area contributed by atoms with Crippen LogP contribution in [-0.4, -0.2) is 39.4 Å². The monoisotopic (exact) mass is 288 g/mol. The van der Waals surface area contributed by atoms with Crippen molar-refractivity contribution in [3.63, 3.8) is 0 Å². The molecule has 0 heterocycles. The van der Waals surface area contributed by atoms with Crippen LogP contribution in [0.1, 0.15) is 34.6 Å². The van der Waals surface area contributed by atoms with Gasteiger partial charge in [0.2, 0.25) is 0 Å². The maximum atomic E-state index is 10.5. The first-order valence-corrected chi connectivity index (χ1v) is 7.64. The first-order chi connectivity index (χ1) is 8.73. The quantitative estimate of drug-likeness (QED) is 0.733. The van der Waals surface area contributed by atoms with E-state index in [-0.39, 0.29) is 11.1 Å². The highest BCUT2D eigenvalue weighted by Gasteiger charge is 2.09. The molecule has 0 aliphatic carbocycles. The molecule has 0 spiro atoms. The van der Waals surface area contributed by atoms with Crippen LogP contribution in [0.5, 0.6) is 0 Å². The minimum Gasteiger partial charge on any atom is -0.478 e. The smallest absolute Gasteiger partial charge is 0.335 e. The summed E-state index contributed by atoms with van der Waals surface area (Å²) >= 11 is 0. The summed E-state index contributed by atoms with van der Waals surface area (Å²) in [6, 6.07) is 5.20. The van der Waals surface area contributed by atoms with Crippen LogP contribution in [0.4, 0.5) is 0 Å². The average Bonchev–Trinajstić information content (AvgIpc) is 2.39. The third-order valence-electron chi connectivity index (χ3n) is 2.34. The van der Waals surface area contributed by atoms with Gasteiger partial charge in [-0.25, -0.2) is 9.59 Å². The van der Waals surface area contributed by atoms with Crippen LogP contribution >= 0.6 is 7.37 Å². The lowest BCUT2D eigenvalue weighted by atomic mass is 10.1. The molecule has 0 saturated heterocycles. The molecule has 1 aromatic rings. The summed E-state index contributed by atoms with van der Waals surface area (Å²) in [5, 5.41) is 17.0. The molecule has 0 saturated carbocycles. The zero-order valence-electron chi connectivity index (χ0n) is 10.7. The second kappa shape index (κ2) is 7.71. The zero-order chi connectivity index (χ0) is 15.1. The lowest BCUT2D eigenvalue weighted by molar-refractivity contribution is 0.0696. The fourth-order valence-corrected chi connectivity index (χ4v) is 1.46. The molecule has 3 N–H and O–H groups in total. The summed E-state index contributed by atoms with van der Waals surface area (Å²) in [6.07, 6.45) is 0.812. The van der Waals surface area contributed by atoms with E-state index in [0.717, 1.165) is 6.07 Å². The van der Waals surface area contributed by atoms with E-state index in [1.807, 2.05) is 0 Å². The Labute approximate surface area is 111 Å². The minimum atomic E-state index is -2.65. The van der Waals surface area contributed by atoms with Crippen LogP contribution in [0.3, 0.4) is 0 Å². The van der Waals surface area contributed by atoms with E-state index in [2.05, 4.69) is 0 Å². The summed E-state index contributed by atoms with van der Waals surface area (Å²) in [4.78, 5) is 29.5. The van der Waals surface area contributed by atoms with Crippen LogP contribution in [0.2, 0.25) is 0 Å². The number of benzene rings is 1. The van der Waals surface area contributed by atoms with Crippen molar-refractivity contribution in [3.8, 4) is 0 Å². The number of aromatic carboxylic acids is 2. The predicted molar refractivity (Wildman–Crippen MR) is 71.3 cm³/mol. The molecule has 106 valence electrons. The maximum absolute atomic E-state index is 10.5. The molecule has 0 unspecified atom stereocenters. The summed E-state index contributed by atoms with van der Waals surface area (Å²) < 4.78 is 10.5. The van der Waals surface area contributed by atoms with Gasteiger partial charge in [0, 0.05) is 12.3 Å². The van der Waals surface area contributed by atoms with Crippen LogP contribution in [0.15, 0.2) is 24.3 Å². The topological polar surface area (TPSA) is 112 Å². The second-order valence-electron chi connectivity index (χ2n) is 3.67. The van der Waals surface area contributed by atoms with Crippen molar-refractivity contribution in [2.45, 2.75) is 13.8 Å². The third kappa shape index (κ3) is 6.74. The van der Waals surface area contributed by atoms with E-state index in [0.29, 0.717) is 12.3 Å². The standard InChI is InChI=1S/C8H6O4.C4H11O2P/c9-7(10)5-2-1-3-6(4-5)8(11)12;1-3-7(5,6)4-2/h1-4H,(H,9,10)(H,11,12);3-4H2,1-2H3,(H,5,6). The summed E-state index contributed by atoms with van der Waals surface area (Å²) in [5.74, 6) is -2.25. The van der Waals surface area contributed by atoms with Gasteiger partial charge in [0.1, 0.15) is 0 Å². The zero-order valence-corrected chi connectivity index (χ0v) is 11.6. The first-order valence-electron chi connectivity index (χ1n) is 5.61. The van der Waals surface area contributed by atoms with Crippen LogP contribution in [0, 0.1) is 0 Å². The van der Waals surface area contributed by atoms with E-state index in [4.69, 9.17) is 15.1 Å². The van der Waals surface area contributed by atoms with Gasteiger partial charge in [-0.1, -0.05) is 19.9 Å². The highest BCUT2D eigenvalue weighted by Crippen LogP contribution is 2.38. The van der Waals surface area contributed by atoms with Crippen molar-refractivity contribution in [2.75, 3.05) is 12.3 Å². The van der Waals surface area contributed by atoms with E-state index >= 15 is 0 Å². The molecule has 7 heteroatoms. The Morgan fingerprint density at radius 2 is 1.42 bits per heavy atom. The normalized spacial score (nSPS) is 10.3. The number of carbonyl (C=O) groups is 2. The fourth-order valence-electron chi connectivity index (χ4n) is 1.01. The molecule has 0 aromatic heterocycles. The van der Waals surface area contributed by atoms with E-state index < -0.39 is 19.3 Å². The van der Waals surface area contributed by atoms with Gasteiger partial charge < -0.3 is 15.1 Å². The number of carboxylic acids is 2. The molecule has 0 amide bonds. The SMILES string of the molecule is CCP(=O)(O)CC.O=C(O)c1cccc(C(=O)O)c1. The van der Waals surface area contributed by atoms with Crippen molar-refractivity contribution in [1.82, 2.24) is 0 Å². The Balaban J connectivity index is 0.000000399. The van der Waals surface area contributed by atoms with Crippen molar-refractivity contribution >= 4 is 19.3 Å². The highest BCUT2D eigenvalue weighted by molar-refractivity contribution is 7.57. The molecular formula is C12H17O6P. The van der Waals surface area contributed by atoms with E-state index in [9.17, 15) is 14.2 Å². The van der Waals surface area contributed by atoms with Gasteiger partial charge >= 0.3 is 11.9 Å². The number of carboxylic acid groups (broad SMARTS) is 2. The molecule has 6 nitrogen and oxygen atoms in total. The summed E-state index contributed by atoms with van der Waals surface area (Å²) in [5.41, 5.74) is -0.0372. The van der Waals surface area contributed by atoms with Gasteiger partial charge in [-0.15, -0.1) is 0 Å². The van der Waals surface area contributed by atoms with Crippen molar-refractivity contribution < 1.29 is 29.3 Å². The third-order valence-corrected chi connectivity index (χ3v) is 4.32. The van der Waals surface area contributed by atoms with Crippen LogP contribution < -0.4 is 0 Å². The van der Waals surface area contributed by atoms with Gasteiger partial charge in [-0.2, -0.15) is 0 Å². The van der Waals surface area contributed by atoms with Crippen molar-refractivity contribution in [3.05, 3.63) is 35.4 Å². The van der Waals surface area contributed by atoms with Crippen LogP contribution in [-0.2, 0) is 4.57 Å². The Morgan fingerprint density at radius 3 is 1.63 bits per heavy atom. The first kappa shape index (κ1) is 17.4. The fraction of sp³-hybridized carbons (Fsp3) is 0.333. The molecule has 0 atom stereocenters. The molecule has 1 aromatic carbocycles. The Morgan fingerprint density at radius 1 is 1.05 bits per heavy atom. The van der Waals surface area contributed by atoms with Crippen molar-refractivity contribution in [1.29, 1.82) is 0 Å². The van der Waals surface area contributed by atoms with Gasteiger partial charge in [0.15, 0.2) is 7.37 Å². The molecule has 19 heavy (non-hydrogen) atoms. The molecule has 1 rings (SSSR count). The molecule has 0 aliphatic heterocycles. The lowest BCUT2D eigenvalue weighted by Crippen LogP contribution is -2.01. The largest absolute Gasteiger partial charge is 0.478 e. The molecule has 0 radical (unpaired) electrons. The summed E-state index contributed by atoms with van der Waals surface area (Å²) in [7, 11) is -2.65. The highest BCUT2D eigenvalue weighted by atomic mass is 31.2. The maximum Gasteiger partial charge on any atom is 0.335 e. The molecule has 0 aliphatic rings. The summed E-state index contributed by atoms with van der Waals surface area (Å²) in [6.45, 7) is 3.45. The molecule has 0 bridgehead atoms. The van der Waals surface area contributed by atoms with Crippen LogP contribution in [0.25, 0.3) is 0 Å². The predicted octanol–water partition coefficient (Wildman–Crippen LogP) is 2.38. The molecule has 0 fully saturated rings. The van der Waals surface area contributed by atoms with Gasteiger partial charge in [0.05, 0.1) is 11.1 Å². The Hall–Kier alpha value is -1.65.